The molecule has 0 fully saturated rings. The Bertz CT molecular complexity index is 544. The van der Waals surface area contributed by atoms with Crippen LogP contribution in [-0.4, -0.2) is 44.1 Å². The molecule has 2 N–H and O–H groups in total. The number of hydrogen-bond acceptors (Lipinski definition) is 5. The first kappa shape index (κ1) is 17.5. The second-order valence-electron chi connectivity index (χ2n) is 4.41. The molecular weight excluding hydrogens is 288 g/mol. The minimum atomic E-state index is -0.907. The number of esters is 1. The molecule has 0 aliphatic heterocycles. The molecule has 7 nitrogen and oxygen atoms in total. The van der Waals surface area contributed by atoms with Crippen molar-refractivity contribution in [3.8, 4) is 5.75 Å². The molecule has 0 radical (unpaired) electrons. The van der Waals surface area contributed by atoms with Crippen molar-refractivity contribution in [3.05, 3.63) is 29.8 Å². The Labute approximate surface area is 129 Å². The van der Waals surface area contributed by atoms with Gasteiger partial charge in [-0.25, -0.2) is 0 Å². The summed E-state index contributed by atoms with van der Waals surface area (Å²) in [4.78, 5) is 35.0. The SMILES string of the molecule is CCNC(=O)[C@@H](C)OC(=O)CNC(=O)c1ccccc1OC. The van der Waals surface area contributed by atoms with Gasteiger partial charge in [-0.2, -0.15) is 0 Å². The van der Waals surface area contributed by atoms with Gasteiger partial charge in [-0.15, -0.1) is 0 Å². The molecule has 0 heterocycles. The van der Waals surface area contributed by atoms with Crippen LogP contribution in [0.2, 0.25) is 0 Å². The summed E-state index contributed by atoms with van der Waals surface area (Å²) in [5, 5.41) is 4.96. The lowest BCUT2D eigenvalue weighted by atomic mass is 10.2. The summed E-state index contributed by atoms with van der Waals surface area (Å²) < 4.78 is 9.98. The Hall–Kier alpha value is -2.57. The van der Waals surface area contributed by atoms with E-state index < -0.39 is 18.0 Å². The number of benzene rings is 1. The molecule has 7 heteroatoms. The van der Waals surface area contributed by atoms with E-state index in [4.69, 9.17) is 9.47 Å². The fraction of sp³-hybridized carbons (Fsp3) is 0.400. The summed E-state index contributed by atoms with van der Waals surface area (Å²) >= 11 is 0. The van der Waals surface area contributed by atoms with Gasteiger partial charge < -0.3 is 20.1 Å². The zero-order valence-corrected chi connectivity index (χ0v) is 12.8. The van der Waals surface area contributed by atoms with E-state index in [1.807, 2.05) is 0 Å². The number of methoxy groups -OCH3 is 1. The molecule has 2 amide bonds. The summed E-state index contributed by atoms with van der Waals surface area (Å²) in [6.07, 6.45) is -0.907. The zero-order valence-electron chi connectivity index (χ0n) is 12.8. The van der Waals surface area contributed by atoms with Crippen LogP contribution < -0.4 is 15.4 Å². The maximum absolute atomic E-state index is 12.0. The highest BCUT2D eigenvalue weighted by Gasteiger charge is 2.18. The lowest BCUT2D eigenvalue weighted by Gasteiger charge is -2.13. The summed E-state index contributed by atoms with van der Waals surface area (Å²) in [6, 6.07) is 6.64. The highest BCUT2D eigenvalue weighted by atomic mass is 16.5. The third-order valence-electron chi connectivity index (χ3n) is 2.77. The lowest BCUT2D eigenvalue weighted by molar-refractivity contribution is -0.153. The molecule has 1 aromatic rings. The van der Waals surface area contributed by atoms with E-state index in [2.05, 4.69) is 10.6 Å². The van der Waals surface area contributed by atoms with E-state index in [0.717, 1.165) is 0 Å². The summed E-state index contributed by atoms with van der Waals surface area (Å²) in [5.74, 6) is -1.13. The van der Waals surface area contributed by atoms with Crippen LogP contribution in [0, 0.1) is 0 Å². The van der Waals surface area contributed by atoms with Crippen molar-refractivity contribution in [3.63, 3.8) is 0 Å². The van der Waals surface area contributed by atoms with E-state index in [1.54, 1.807) is 31.2 Å². The Kier molecular flexibility index (Phi) is 6.88. The van der Waals surface area contributed by atoms with Gasteiger partial charge in [0, 0.05) is 6.54 Å². The topological polar surface area (TPSA) is 93.7 Å². The van der Waals surface area contributed by atoms with Crippen LogP contribution in [0.15, 0.2) is 24.3 Å². The van der Waals surface area contributed by atoms with Gasteiger partial charge in [0.2, 0.25) is 0 Å². The Morgan fingerprint density at radius 3 is 2.50 bits per heavy atom. The zero-order chi connectivity index (χ0) is 16.5. The van der Waals surface area contributed by atoms with Crippen LogP contribution in [0.4, 0.5) is 0 Å². The molecule has 0 spiro atoms. The van der Waals surface area contributed by atoms with Gasteiger partial charge in [0.15, 0.2) is 6.10 Å². The fourth-order valence-electron chi connectivity index (χ4n) is 1.69. The number of para-hydroxylation sites is 1. The second-order valence-corrected chi connectivity index (χ2v) is 4.41. The van der Waals surface area contributed by atoms with Crippen LogP contribution >= 0.6 is 0 Å². The maximum atomic E-state index is 12.0. The van der Waals surface area contributed by atoms with E-state index in [-0.39, 0.29) is 12.5 Å². The maximum Gasteiger partial charge on any atom is 0.326 e. The standard InChI is InChI=1S/C15H20N2O5/c1-4-16-14(19)10(2)22-13(18)9-17-15(20)11-7-5-6-8-12(11)21-3/h5-8,10H,4,9H2,1-3H3,(H,16,19)(H,17,20)/t10-/m1/s1. The van der Waals surface area contributed by atoms with Crippen LogP contribution in [0.25, 0.3) is 0 Å². The van der Waals surface area contributed by atoms with Crippen LogP contribution in [-0.2, 0) is 14.3 Å². The van der Waals surface area contributed by atoms with Crippen molar-refractivity contribution in [1.82, 2.24) is 10.6 Å². The van der Waals surface area contributed by atoms with E-state index >= 15 is 0 Å². The smallest absolute Gasteiger partial charge is 0.326 e. The van der Waals surface area contributed by atoms with Gasteiger partial charge in [0.1, 0.15) is 12.3 Å². The van der Waals surface area contributed by atoms with Crippen molar-refractivity contribution in [2.75, 3.05) is 20.2 Å². The van der Waals surface area contributed by atoms with Crippen LogP contribution in [0.1, 0.15) is 24.2 Å². The molecule has 22 heavy (non-hydrogen) atoms. The number of amides is 2. The molecule has 0 saturated carbocycles. The van der Waals surface area contributed by atoms with Gasteiger partial charge >= 0.3 is 5.97 Å². The summed E-state index contributed by atoms with van der Waals surface area (Å²) in [7, 11) is 1.45. The summed E-state index contributed by atoms with van der Waals surface area (Å²) in [6.45, 7) is 3.34. The minimum absolute atomic E-state index is 0.314. The predicted octanol–water partition coefficient (Wildman–Crippen LogP) is 0.493. The first-order valence-electron chi connectivity index (χ1n) is 6.88. The number of rotatable bonds is 7. The third-order valence-corrected chi connectivity index (χ3v) is 2.77. The minimum Gasteiger partial charge on any atom is -0.496 e. The second kappa shape index (κ2) is 8.66. The van der Waals surface area contributed by atoms with Gasteiger partial charge in [0.05, 0.1) is 12.7 Å². The molecule has 0 aliphatic carbocycles. The van der Waals surface area contributed by atoms with Crippen molar-refractivity contribution in [2.24, 2.45) is 0 Å². The first-order chi connectivity index (χ1) is 10.5. The molecule has 0 unspecified atom stereocenters. The number of carbonyl (C=O) groups is 3. The number of ether oxygens (including phenoxy) is 2. The number of nitrogens with one attached hydrogen (secondary N) is 2. The Morgan fingerprint density at radius 1 is 1.18 bits per heavy atom. The van der Waals surface area contributed by atoms with Gasteiger partial charge in [-0.05, 0) is 26.0 Å². The van der Waals surface area contributed by atoms with Gasteiger partial charge in [0.25, 0.3) is 11.8 Å². The van der Waals surface area contributed by atoms with Gasteiger partial charge in [-0.3, -0.25) is 14.4 Å². The molecule has 0 saturated heterocycles. The number of likely N-dealkylation sites (N-methyl/N-ethyl adjacent to an activating group) is 1. The van der Waals surface area contributed by atoms with E-state index in [9.17, 15) is 14.4 Å². The van der Waals surface area contributed by atoms with Crippen LogP contribution in [0.3, 0.4) is 0 Å². The molecule has 0 bridgehead atoms. The predicted molar refractivity (Wildman–Crippen MR) is 79.6 cm³/mol. The largest absolute Gasteiger partial charge is 0.496 e. The first-order valence-corrected chi connectivity index (χ1v) is 6.88. The molecular formula is C15H20N2O5. The number of carbonyl (C=O) groups excluding carboxylic acids is 3. The van der Waals surface area contributed by atoms with Gasteiger partial charge in [-0.1, -0.05) is 12.1 Å². The number of hydrogen-bond donors (Lipinski definition) is 2. The Morgan fingerprint density at radius 2 is 1.86 bits per heavy atom. The van der Waals surface area contributed by atoms with Crippen molar-refractivity contribution >= 4 is 17.8 Å². The summed E-state index contributed by atoms with van der Waals surface area (Å²) in [5.41, 5.74) is 0.314. The van der Waals surface area contributed by atoms with Crippen LogP contribution in [0.5, 0.6) is 5.75 Å². The van der Waals surface area contributed by atoms with Crippen molar-refractivity contribution in [1.29, 1.82) is 0 Å². The van der Waals surface area contributed by atoms with Crippen molar-refractivity contribution < 1.29 is 23.9 Å². The lowest BCUT2D eigenvalue weighted by Crippen LogP contribution is -2.38. The quantitative estimate of drug-likeness (QED) is 0.715. The average molecular weight is 308 g/mol. The monoisotopic (exact) mass is 308 g/mol. The third kappa shape index (κ3) is 5.08. The van der Waals surface area contributed by atoms with E-state index in [1.165, 1.54) is 14.0 Å². The molecule has 120 valence electrons. The highest BCUT2D eigenvalue weighted by Crippen LogP contribution is 2.16. The van der Waals surface area contributed by atoms with E-state index in [0.29, 0.717) is 17.9 Å². The highest BCUT2D eigenvalue weighted by molar-refractivity contribution is 5.98. The molecule has 0 aromatic heterocycles. The Balaban J connectivity index is 2.50. The molecule has 1 atom stereocenters. The normalized spacial score (nSPS) is 11.2. The molecule has 0 aliphatic rings. The fourth-order valence-corrected chi connectivity index (χ4v) is 1.69. The average Bonchev–Trinajstić information content (AvgIpc) is 2.52. The van der Waals surface area contributed by atoms with Crippen molar-refractivity contribution in [2.45, 2.75) is 20.0 Å². The molecule has 1 aromatic carbocycles. The molecule has 1 rings (SSSR count).